The van der Waals surface area contributed by atoms with E-state index in [0.717, 1.165) is 28.0 Å². The molecule has 10 heteroatoms. The third-order valence-electron chi connectivity index (χ3n) is 4.81. The molecule has 2 aromatic carbocycles. The van der Waals surface area contributed by atoms with Crippen molar-refractivity contribution in [2.24, 2.45) is 0 Å². The smallest absolute Gasteiger partial charge is 0.416 e. The molecule has 164 valence electrons. The van der Waals surface area contributed by atoms with Gasteiger partial charge in [-0.05, 0) is 24.3 Å². The topological polar surface area (TPSA) is 77.5 Å². The fraction of sp³-hybridized carbons (Fsp3) is 0.0435. The Morgan fingerprint density at radius 1 is 0.939 bits per heavy atom. The van der Waals surface area contributed by atoms with Crippen molar-refractivity contribution in [3.8, 4) is 22.6 Å². The summed E-state index contributed by atoms with van der Waals surface area (Å²) in [6.07, 6.45) is -3.03. The summed E-state index contributed by atoms with van der Waals surface area (Å²) in [7, 11) is 0. The molecular weight excluding hydrogens is 455 g/mol. The quantitative estimate of drug-likeness (QED) is 0.401. The Hall–Kier alpha value is -4.05. The molecule has 0 N–H and O–H groups in total. The fourth-order valence-electron chi connectivity index (χ4n) is 3.25. The molecule has 0 bridgehead atoms. The van der Waals surface area contributed by atoms with Crippen molar-refractivity contribution in [3.63, 3.8) is 0 Å². The predicted octanol–water partition coefficient (Wildman–Crippen LogP) is 4.00. The molecule has 0 spiro atoms. The average Bonchev–Trinajstić information content (AvgIpc) is 3.38. The van der Waals surface area contributed by atoms with Gasteiger partial charge in [-0.25, -0.2) is 0 Å². The zero-order valence-corrected chi connectivity index (χ0v) is 17.4. The number of hydrogen-bond acceptors (Lipinski definition) is 6. The molecule has 3 heterocycles. The molecule has 5 aromatic rings. The molecule has 0 saturated heterocycles. The molecule has 0 fully saturated rings. The van der Waals surface area contributed by atoms with Crippen molar-refractivity contribution in [3.05, 3.63) is 103 Å². The van der Waals surface area contributed by atoms with E-state index in [4.69, 9.17) is 4.42 Å². The summed E-state index contributed by atoms with van der Waals surface area (Å²) in [6.45, 7) is 0. The van der Waals surface area contributed by atoms with Crippen molar-refractivity contribution in [1.29, 1.82) is 0 Å². The van der Waals surface area contributed by atoms with Gasteiger partial charge in [0.2, 0.25) is 4.96 Å². The van der Waals surface area contributed by atoms with Crippen molar-refractivity contribution >= 4 is 22.4 Å². The third-order valence-corrected chi connectivity index (χ3v) is 5.77. The maximum Gasteiger partial charge on any atom is 0.416 e. The van der Waals surface area contributed by atoms with E-state index < -0.39 is 22.9 Å². The molecule has 5 rings (SSSR count). The maximum atomic E-state index is 13.0. The van der Waals surface area contributed by atoms with E-state index in [0.29, 0.717) is 5.56 Å². The summed E-state index contributed by atoms with van der Waals surface area (Å²) >= 11 is 0.960. The standard InChI is InChI=1S/C23H12F3N3O3S/c24-23(25,26)15-8-4-7-14(11-15)17-10-9-16(32-17)12-18-21(31)29-22(33-18)27-20(30)19(28-29)13-5-2-1-3-6-13/h1-12H. The second kappa shape index (κ2) is 7.82. The number of halogens is 3. The number of rotatable bonds is 3. The van der Waals surface area contributed by atoms with Crippen LogP contribution in [-0.2, 0) is 6.18 Å². The van der Waals surface area contributed by atoms with Crippen LogP contribution in [0.4, 0.5) is 13.2 Å². The third kappa shape index (κ3) is 3.96. The largest absolute Gasteiger partial charge is 0.457 e. The first kappa shape index (κ1) is 20.8. The zero-order chi connectivity index (χ0) is 23.2. The van der Waals surface area contributed by atoms with Gasteiger partial charge in [0, 0.05) is 17.2 Å². The maximum absolute atomic E-state index is 13.0. The minimum absolute atomic E-state index is 0.0550. The van der Waals surface area contributed by atoms with Crippen LogP contribution in [0.5, 0.6) is 0 Å². The molecule has 0 atom stereocenters. The lowest BCUT2D eigenvalue weighted by Gasteiger charge is -2.07. The first-order chi connectivity index (χ1) is 15.8. The van der Waals surface area contributed by atoms with Crippen LogP contribution in [0.25, 0.3) is 33.6 Å². The Morgan fingerprint density at radius 2 is 1.70 bits per heavy atom. The number of benzene rings is 2. The Labute approximate surface area is 186 Å². The van der Waals surface area contributed by atoms with Gasteiger partial charge < -0.3 is 4.42 Å². The number of furan rings is 1. The van der Waals surface area contributed by atoms with Gasteiger partial charge in [0.15, 0.2) is 5.69 Å². The summed E-state index contributed by atoms with van der Waals surface area (Å²) in [4.78, 5) is 29.3. The minimum atomic E-state index is -4.47. The van der Waals surface area contributed by atoms with Gasteiger partial charge in [-0.3, -0.25) is 9.59 Å². The van der Waals surface area contributed by atoms with Crippen LogP contribution in [-0.4, -0.2) is 14.6 Å². The molecule has 0 aliphatic heterocycles. The van der Waals surface area contributed by atoms with E-state index in [1.54, 1.807) is 36.4 Å². The summed E-state index contributed by atoms with van der Waals surface area (Å²) in [5, 5.41) is 4.17. The van der Waals surface area contributed by atoms with E-state index in [2.05, 4.69) is 10.1 Å². The summed E-state index contributed by atoms with van der Waals surface area (Å²) in [6, 6.07) is 16.5. The second-order valence-electron chi connectivity index (χ2n) is 7.02. The SMILES string of the molecule is O=c1nc2sc(=Cc3ccc(-c4cccc(C(F)(F)F)c4)o3)c(=O)n2nc1-c1ccccc1. The molecular formula is C23H12F3N3O3S. The van der Waals surface area contributed by atoms with Crippen LogP contribution in [0.15, 0.2) is 80.7 Å². The number of nitrogens with zero attached hydrogens (tertiary/aromatic N) is 3. The monoisotopic (exact) mass is 467 g/mol. The van der Waals surface area contributed by atoms with E-state index >= 15 is 0 Å². The lowest BCUT2D eigenvalue weighted by molar-refractivity contribution is -0.137. The van der Waals surface area contributed by atoms with Crippen molar-refractivity contribution in [2.75, 3.05) is 0 Å². The lowest BCUT2D eigenvalue weighted by atomic mass is 10.1. The van der Waals surface area contributed by atoms with E-state index in [1.165, 1.54) is 24.3 Å². The Bertz CT molecular complexity index is 1650. The van der Waals surface area contributed by atoms with Gasteiger partial charge in [-0.15, -0.1) is 0 Å². The number of thiazole rings is 1. The number of hydrogen-bond donors (Lipinski definition) is 0. The van der Waals surface area contributed by atoms with Crippen molar-refractivity contribution < 1.29 is 17.6 Å². The van der Waals surface area contributed by atoms with Crippen molar-refractivity contribution in [1.82, 2.24) is 14.6 Å². The highest BCUT2D eigenvalue weighted by Crippen LogP contribution is 2.32. The summed E-state index contributed by atoms with van der Waals surface area (Å²) in [5.41, 5.74) is -0.985. The number of aromatic nitrogens is 3. The highest BCUT2D eigenvalue weighted by Gasteiger charge is 2.30. The van der Waals surface area contributed by atoms with Gasteiger partial charge in [-0.2, -0.15) is 27.8 Å². The van der Waals surface area contributed by atoms with Gasteiger partial charge >= 0.3 is 11.7 Å². The number of fused-ring (bicyclic) bond motifs is 1. The number of alkyl halides is 3. The lowest BCUT2D eigenvalue weighted by Crippen LogP contribution is -2.26. The molecule has 6 nitrogen and oxygen atoms in total. The van der Waals surface area contributed by atoms with E-state index in [9.17, 15) is 22.8 Å². The summed E-state index contributed by atoms with van der Waals surface area (Å²) < 4.78 is 45.8. The van der Waals surface area contributed by atoms with Crippen LogP contribution in [0.2, 0.25) is 0 Å². The summed E-state index contributed by atoms with van der Waals surface area (Å²) in [5.74, 6) is 0.482. The van der Waals surface area contributed by atoms with Gasteiger partial charge in [0.25, 0.3) is 5.56 Å². The van der Waals surface area contributed by atoms with Crippen LogP contribution < -0.4 is 15.7 Å². The highest BCUT2D eigenvalue weighted by molar-refractivity contribution is 7.15. The van der Waals surface area contributed by atoms with Gasteiger partial charge in [0.1, 0.15) is 16.1 Å². The molecule has 3 aromatic heterocycles. The van der Waals surface area contributed by atoms with E-state index in [1.807, 2.05) is 0 Å². The fourth-order valence-corrected chi connectivity index (χ4v) is 4.13. The second-order valence-corrected chi connectivity index (χ2v) is 8.03. The van der Waals surface area contributed by atoms with Crippen LogP contribution in [0.3, 0.4) is 0 Å². The molecule has 0 amide bonds. The normalized spacial score (nSPS) is 12.5. The molecule has 0 saturated carbocycles. The van der Waals surface area contributed by atoms with Gasteiger partial charge in [0.05, 0.1) is 5.56 Å². The van der Waals surface area contributed by atoms with Crippen molar-refractivity contribution in [2.45, 2.75) is 6.18 Å². The minimum Gasteiger partial charge on any atom is -0.457 e. The highest BCUT2D eigenvalue weighted by atomic mass is 32.1. The predicted molar refractivity (Wildman–Crippen MR) is 117 cm³/mol. The molecule has 33 heavy (non-hydrogen) atoms. The first-order valence-corrected chi connectivity index (χ1v) is 10.4. The zero-order valence-electron chi connectivity index (χ0n) is 16.5. The Balaban J connectivity index is 1.56. The Morgan fingerprint density at radius 3 is 2.45 bits per heavy atom. The average molecular weight is 467 g/mol. The van der Waals surface area contributed by atoms with Crippen LogP contribution >= 0.6 is 11.3 Å². The van der Waals surface area contributed by atoms with E-state index in [-0.39, 0.29) is 32.3 Å². The van der Waals surface area contributed by atoms with Crippen LogP contribution in [0.1, 0.15) is 11.3 Å². The molecule has 0 unspecified atom stereocenters. The molecule has 0 radical (unpaired) electrons. The molecule has 0 aliphatic carbocycles. The van der Waals surface area contributed by atoms with Crippen LogP contribution in [0, 0.1) is 0 Å². The van der Waals surface area contributed by atoms with Gasteiger partial charge in [-0.1, -0.05) is 53.8 Å². The first-order valence-electron chi connectivity index (χ1n) is 9.58. The molecule has 0 aliphatic rings. The Kier molecular flexibility index (Phi) is 4.94.